The van der Waals surface area contributed by atoms with Crippen LogP contribution in [0.15, 0.2) is 30.4 Å². The molecule has 100 valence electrons. The molecule has 1 amide bonds. The number of hydrogen-bond donors (Lipinski definition) is 0. The Hall–Kier alpha value is -1.77. The smallest absolute Gasteiger partial charge is 0.411 e. The van der Waals surface area contributed by atoms with Crippen LogP contribution in [-0.2, 0) is 4.74 Å². The van der Waals surface area contributed by atoms with E-state index in [1.165, 1.54) is 16.7 Å². The third-order valence-electron chi connectivity index (χ3n) is 3.65. The molecule has 1 aromatic rings. The van der Waals surface area contributed by atoms with E-state index in [4.69, 9.17) is 4.74 Å². The van der Waals surface area contributed by atoms with Gasteiger partial charge in [-0.2, -0.15) is 0 Å². The highest BCUT2D eigenvalue weighted by Crippen LogP contribution is 2.50. The predicted octanol–water partition coefficient (Wildman–Crippen LogP) is 3.90. The average Bonchev–Trinajstić information content (AvgIpc) is 2.83. The van der Waals surface area contributed by atoms with Gasteiger partial charge in [-0.15, -0.1) is 0 Å². The summed E-state index contributed by atoms with van der Waals surface area (Å²) in [7, 11) is 0. The fourth-order valence-corrected chi connectivity index (χ4v) is 2.96. The van der Waals surface area contributed by atoms with Crippen molar-refractivity contribution in [2.75, 3.05) is 0 Å². The number of carbonyl (C=O) groups is 1. The molecule has 2 heterocycles. The molecule has 19 heavy (non-hydrogen) atoms. The molecule has 0 aromatic heterocycles. The van der Waals surface area contributed by atoms with Crippen LogP contribution in [0.25, 0.3) is 0 Å². The summed E-state index contributed by atoms with van der Waals surface area (Å²) in [6.07, 6.45) is 3.96. The fourth-order valence-electron chi connectivity index (χ4n) is 2.96. The lowest BCUT2D eigenvalue weighted by atomic mass is 9.93. The van der Waals surface area contributed by atoms with Gasteiger partial charge in [0.1, 0.15) is 5.60 Å². The minimum absolute atomic E-state index is 0.0368. The Labute approximate surface area is 113 Å². The van der Waals surface area contributed by atoms with E-state index in [0.29, 0.717) is 0 Å². The van der Waals surface area contributed by atoms with Crippen molar-refractivity contribution in [1.82, 2.24) is 4.90 Å². The lowest BCUT2D eigenvalue weighted by molar-refractivity contribution is 0.0196. The number of benzene rings is 1. The zero-order valence-electron chi connectivity index (χ0n) is 11.8. The summed E-state index contributed by atoms with van der Waals surface area (Å²) in [5.74, 6) is 0. The molecule has 3 nitrogen and oxygen atoms in total. The van der Waals surface area contributed by atoms with Crippen LogP contribution in [0.4, 0.5) is 4.79 Å². The normalized spacial score (nSPS) is 23.7. The maximum absolute atomic E-state index is 12.4. The Morgan fingerprint density at radius 3 is 2.53 bits per heavy atom. The lowest BCUT2D eigenvalue weighted by Crippen LogP contribution is -2.35. The molecule has 2 aliphatic heterocycles. The molecule has 2 bridgehead atoms. The standard InChI is InChI=1S/C16H19NO2/c1-10-6-5-7-11-12-8-9-13(14(10)11)17(12)15(18)19-16(2,3)4/h5-9,12-13H,1-4H3. The Balaban J connectivity index is 1.94. The van der Waals surface area contributed by atoms with Gasteiger partial charge in [-0.25, -0.2) is 4.79 Å². The molecule has 0 fully saturated rings. The van der Waals surface area contributed by atoms with Crippen molar-refractivity contribution in [3.05, 3.63) is 47.0 Å². The van der Waals surface area contributed by atoms with Gasteiger partial charge >= 0.3 is 6.09 Å². The minimum atomic E-state index is -0.458. The van der Waals surface area contributed by atoms with Gasteiger partial charge in [0.15, 0.2) is 0 Å². The minimum Gasteiger partial charge on any atom is -0.444 e. The molecule has 0 aliphatic carbocycles. The lowest BCUT2D eigenvalue weighted by Gasteiger charge is -2.27. The molecule has 2 unspecified atom stereocenters. The van der Waals surface area contributed by atoms with Crippen LogP contribution in [0.3, 0.4) is 0 Å². The molecular formula is C16H19NO2. The van der Waals surface area contributed by atoms with E-state index in [1.54, 1.807) is 0 Å². The van der Waals surface area contributed by atoms with Crippen molar-refractivity contribution in [2.24, 2.45) is 0 Å². The first-order valence-electron chi connectivity index (χ1n) is 6.67. The van der Waals surface area contributed by atoms with Crippen LogP contribution in [0, 0.1) is 6.92 Å². The maximum atomic E-state index is 12.4. The summed E-state index contributed by atoms with van der Waals surface area (Å²) in [6.45, 7) is 7.79. The highest BCUT2D eigenvalue weighted by molar-refractivity contribution is 5.74. The quantitative estimate of drug-likeness (QED) is 0.660. The molecule has 3 heteroatoms. The second-order valence-electron chi connectivity index (χ2n) is 6.24. The second-order valence-corrected chi connectivity index (χ2v) is 6.24. The van der Waals surface area contributed by atoms with Crippen molar-refractivity contribution < 1.29 is 9.53 Å². The monoisotopic (exact) mass is 257 g/mol. The highest BCUT2D eigenvalue weighted by Gasteiger charge is 2.45. The van der Waals surface area contributed by atoms with Crippen molar-refractivity contribution in [2.45, 2.75) is 45.4 Å². The zero-order valence-corrected chi connectivity index (χ0v) is 11.8. The molecule has 0 saturated heterocycles. The van der Waals surface area contributed by atoms with Gasteiger partial charge in [-0.1, -0.05) is 30.4 Å². The molecule has 0 N–H and O–H groups in total. The van der Waals surface area contributed by atoms with E-state index >= 15 is 0 Å². The summed E-state index contributed by atoms with van der Waals surface area (Å²) >= 11 is 0. The molecule has 0 saturated carbocycles. The fraction of sp³-hybridized carbons (Fsp3) is 0.438. The molecule has 2 aliphatic rings. The van der Waals surface area contributed by atoms with Gasteiger partial charge in [-0.05, 0) is 44.4 Å². The second kappa shape index (κ2) is 3.86. The first-order valence-corrected chi connectivity index (χ1v) is 6.67. The van der Waals surface area contributed by atoms with Crippen LogP contribution in [-0.4, -0.2) is 16.6 Å². The summed E-state index contributed by atoms with van der Waals surface area (Å²) in [5.41, 5.74) is 3.28. The number of ether oxygens (including phenoxy) is 1. The Bertz CT molecular complexity index is 569. The van der Waals surface area contributed by atoms with Crippen LogP contribution in [0.5, 0.6) is 0 Å². The maximum Gasteiger partial charge on any atom is 0.411 e. The number of fused-ring (bicyclic) bond motifs is 5. The summed E-state index contributed by atoms with van der Waals surface area (Å²) in [6, 6.07) is 6.33. The van der Waals surface area contributed by atoms with Gasteiger partial charge in [0, 0.05) is 0 Å². The van der Waals surface area contributed by atoms with Gasteiger partial charge < -0.3 is 4.74 Å². The van der Waals surface area contributed by atoms with Gasteiger partial charge in [0.25, 0.3) is 0 Å². The molecule has 0 spiro atoms. The van der Waals surface area contributed by atoms with Crippen molar-refractivity contribution in [3.63, 3.8) is 0 Å². The predicted molar refractivity (Wildman–Crippen MR) is 73.9 cm³/mol. The van der Waals surface area contributed by atoms with E-state index in [1.807, 2.05) is 25.7 Å². The van der Waals surface area contributed by atoms with E-state index in [-0.39, 0.29) is 18.2 Å². The van der Waals surface area contributed by atoms with E-state index in [9.17, 15) is 4.79 Å². The number of nitrogens with zero attached hydrogens (tertiary/aromatic N) is 1. The number of carbonyl (C=O) groups excluding carboxylic acids is 1. The van der Waals surface area contributed by atoms with Crippen molar-refractivity contribution >= 4 is 6.09 Å². The number of hydrogen-bond acceptors (Lipinski definition) is 2. The van der Waals surface area contributed by atoms with Gasteiger partial charge in [-0.3, -0.25) is 4.90 Å². The number of amides is 1. The highest BCUT2D eigenvalue weighted by atomic mass is 16.6. The molecule has 0 radical (unpaired) electrons. The third kappa shape index (κ3) is 1.84. The van der Waals surface area contributed by atoms with Crippen LogP contribution in [0.1, 0.15) is 49.5 Å². The first kappa shape index (κ1) is 12.3. The van der Waals surface area contributed by atoms with E-state index < -0.39 is 5.60 Å². The molecule has 1 aromatic carbocycles. The Morgan fingerprint density at radius 1 is 1.21 bits per heavy atom. The average molecular weight is 257 g/mol. The first-order chi connectivity index (χ1) is 8.88. The largest absolute Gasteiger partial charge is 0.444 e. The van der Waals surface area contributed by atoms with Crippen LogP contribution >= 0.6 is 0 Å². The SMILES string of the molecule is Cc1cccc2c1C1C=CC2N1C(=O)OC(C)(C)C. The van der Waals surface area contributed by atoms with E-state index in [2.05, 4.69) is 37.3 Å². The van der Waals surface area contributed by atoms with Gasteiger partial charge in [0.05, 0.1) is 12.1 Å². The summed E-state index contributed by atoms with van der Waals surface area (Å²) in [4.78, 5) is 14.2. The van der Waals surface area contributed by atoms with Gasteiger partial charge in [0.2, 0.25) is 0 Å². The Morgan fingerprint density at radius 2 is 1.89 bits per heavy atom. The Kier molecular flexibility index (Phi) is 2.49. The topological polar surface area (TPSA) is 29.5 Å². The van der Waals surface area contributed by atoms with Crippen molar-refractivity contribution in [1.29, 1.82) is 0 Å². The van der Waals surface area contributed by atoms with Crippen molar-refractivity contribution in [3.8, 4) is 0 Å². The summed E-state index contributed by atoms with van der Waals surface area (Å²) in [5, 5.41) is 0. The molecular weight excluding hydrogens is 238 g/mol. The molecule has 3 rings (SSSR count). The number of rotatable bonds is 0. The third-order valence-corrected chi connectivity index (χ3v) is 3.65. The van der Waals surface area contributed by atoms with E-state index in [0.717, 1.165) is 0 Å². The van der Waals surface area contributed by atoms with Crippen LogP contribution in [0.2, 0.25) is 0 Å². The summed E-state index contributed by atoms with van der Waals surface area (Å²) < 4.78 is 5.52. The zero-order chi connectivity index (χ0) is 13.8. The number of aryl methyl sites for hydroxylation is 1. The molecule has 2 atom stereocenters. The van der Waals surface area contributed by atoms with Crippen LogP contribution < -0.4 is 0 Å².